The van der Waals surface area contributed by atoms with E-state index in [1.165, 1.54) is 0 Å². The van der Waals surface area contributed by atoms with Crippen LogP contribution in [0.25, 0.3) is 0 Å². The Kier molecular flexibility index (Phi) is 19.1. The molecule has 4 bridgehead atoms. The van der Waals surface area contributed by atoms with Crippen molar-refractivity contribution in [1.82, 2.24) is 0 Å². The molecule has 0 radical (unpaired) electrons. The van der Waals surface area contributed by atoms with Gasteiger partial charge in [-0.15, -0.1) is 0 Å². The topological polar surface area (TPSA) is 108 Å². The van der Waals surface area contributed by atoms with Crippen molar-refractivity contribution in [2.24, 2.45) is 81.2 Å². The first-order valence-electron chi connectivity index (χ1n) is 34.4. The molecule has 0 aromatic rings. The minimum Gasteiger partial charge on any atom is -0.458 e. The molecule has 10 rings (SSSR count). The van der Waals surface area contributed by atoms with Gasteiger partial charge in [-0.1, -0.05) is 174 Å². The summed E-state index contributed by atoms with van der Waals surface area (Å²) in [5.74, 6) is -2.21. The van der Waals surface area contributed by atoms with Crippen molar-refractivity contribution in [3.63, 3.8) is 0 Å². The van der Waals surface area contributed by atoms with Gasteiger partial charge in [-0.05, 0) is 233 Å². The van der Waals surface area contributed by atoms with Crippen molar-refractivity contribution in [3.8, 4) is 0 Å². The summed E-state index contributed by atoms with van der Waals surface area (Å²) >= 11 is 0. The fraction of sp³-hybridized carbons (Fsp3) is 0.951. The first-order valence-corrected chi connectivity index (χ1v) is 34.4. The average molecular weight is 1290 g/mol. The van der Waals surface area contributed by atoms with Gasteiger partial charge < -0.3 is 37.9 Å². The Hall–Kier alpha value is -1.56. The highest BCUT2D eigenvalue weighted by Crippen LogP contribution is 3.00. The van der Waals surface area contributed by atoms with Gasteiger partial charge in [-0.2, -0.15) is 0 Å². The van der Waals surface area contributed by atoms with Gasteiger partial charge in [-0.25, -0.2) is 4.79 Å². The fourth-order valence-corrected chi connectivity index (χ4v) is 23.4. The average Bonchev–Trinajstić information content (AvgIpc) is 1.19. The van der Waals surface area contributed by atoms with E-state index in [-0.39, 0.29) is 120 Å². The maximum Gasteiger partial charge on any atom is 0.334 e. The zero-order valence-corrected chi connectivity index (χ0v) is 67.6. The van der Waals surface area contributed by atoms with Crippen molar-refractivity contribution in [3.05, 3.63) is 11.1 Å². The number of hydrogen-bond donors (Lipinski definition) is 0. The minimum atomic E-state index is -0.953. The van der Waals surface area contributed by atoms with Gasteiger partial charge in [0.05, 0.1) is 55.6 Å². The minimum absolute atomic E-state index is 0. The molecule has 0 spiro atoms. The molecule has 2 unspecified atom stereocenters. The second-order valence-electron chi connectivity index (χ2n) is 41.0. The van der Waals surface area contributed by atoms with Gasteiger partial charge in [0.1, 0.15) is 11.2 Å². The third-order valence-corrected chi connectivity index (χ3v) is 35.2. The number of esters is 2. The van der Waals surface area contributed by atoms with E-state index in [1.54, 1.807) is 6.92 Å². The van der Waals surface area contributed by atoms with E-state index >= 15 is 0 Å². The van der Waals surface area contributed by atoms with Crippen molar-refractivity contribution >= 4 is 11.9 Å². The molecule has 9 fully saturated rings. The van der Waals surface area contributed by atoms with Gasteiger partial charge in [0.25, 0.3) is 0 Å². The van der Waals surface area contributed by atoms with Crippen LogP contribution in [0.5, 0.6) is 0 Å². The van der Waals surface area contributed by atoms with Crippen LogP contribution in [0.2, 0.25) is 0 Å². The summed E-state index contributed by atoms with van der Waals surface area (Å²) in [5, 5.41) is 0. The Labute approximate surface area is 563 Å². The van der Waals surface area contributed by atoms with E-state index in [4.69, 9.17) is 37.9 Å². The van der Waals surface area contributed by atoms with E-state index in [0.717, 1.165) is 11.1 Å². The molecule has 0 N–H and O–H groups in total. The summed E-state index contributed by atoms with van der Waals surface area (Å²) in [7, 11) is 0. The number of carbonyl (C=O) groups is 2. The number of cyclic esters (lactones) is 1. The zero-order chi connectivity index (χ0) is 71.5. The largest absolute Gasteiger partial charge is 0.458 e. The number of fused-ring (bicyclic) bond motifs is 2. The highest BCUT2D eigenvalue weighted by molar-refractivity contribution is 5.92. The molecule has 4 saturated carbocycles. The van der Waals surface area contributed by atoms with Crippen LogP contribution < -0.4 is 0 Å². The number of rotatable bonds is 0. The molecule has 91 heavy (non-hydrogen) atoms. The smallest absolute Gasteiger partial charge is 0.334 e. The summed E-state index contributed by atoms with van der Waals surface area (Å²) in [4.78, 5) is 23.5. The molecule has 0 aromatic heterocycles. The second-order valence-corrected chi connectivity index (χ2v) is 41.0. The predicted molar refractivity (Wildman–Crippen MR) is 381 cm³/mol. The highest BCUT2D eigenvalue weighted by atomic mass is 16.9. The lowest BCUT2D eigenvalue weighted by Crippen LogP contribution is -2.94. The lowest BCUT2D eigenvalue weighted by molar-refractivity contribution is -0.550. The van der Waals surface area contributed by atoms with Crippen LogP contribution in [0.15, 0.2) is 11.1 Å². The summed E-state index contributed by atoms with van der Waals surface area (Å²) in [6.45, 7) is 109. The first-order chi connectivity index (χ1) is 38.1. The molecule has 536 valence electrons. The Balaban J connectivity index is 0.000000305. The first kappa shape index (κ1) is 83.7. The lowest BCUT2D eigenvalue weighted by atomic mass is 9.05. The van der Waals surface area contributed by atoms with Crippen molar-refractivity contribution in [2.45, 2.75) is 415 Å². The monoisotopic (exact) mass is 1290 g/mol. The van der Waals surface area contributed by atoms with Crippen LogP contribution in [-0.4, -0.2) is 79.5 Å². The molecule has 0 aromatic carbocycles. The van der Waals surface area contributed by atoms with Gasteiger partial charge in [0.2, 0.25) is 11.6 Å². The van der Waals surface area contributed by atoms with E-state index in [9.17, 15) is 9.59 Å². The van der Waals surface area contributed by atoms with Crippen LogP contribution in [0.1, 0.15) is 347 Å². The van der Waals surface area contributed by atoms with Gasteiger partial charge >= 0.3 is 11.9 Å². The van der Waals surface area contributed by atoms with Gasteiger partial charge in [0.15, 0.2) is 0 Å². The Bertz CT molecular complexity index is 2580. The van der Waals surface area contributed by atoms with Crippen molar-refractivity contribution in [1.29, 1.82) is 0 Å². The molecule has 4 aliphatic carbocycles. The maximum absolute atomic E-state index is 12.6. The lowest BCUT2D eigenvalue weighted by Gasteiger charge is -2.98. The van der Waals surface area contributed by atoms with Gasteiger partial charge in [0, 0.05) is 21.8 Å². The molecule has 10 aliphatic rings. The Morgan fingerprint density at radius 3 is 0.637 bits per heavy atom. The van der Waals surface area contributed by atoms with Crippen LogP contribution in [0.4, 0.5) is 0 Å². The number of carbonyl (C=O) groups excluding carboxylic acids is 2. The van der Waals surface area contributed by atoms with Crippen LogP contribution >= 0.6 is 0 Å². The summed E-state index contributed by atoms with van der Waals surface area (Å²) in [6.07, 6.45) is 0. The molecular weight excluding hydrogens is 1130 g/mol. The Morgan fingerprint density at radius 2 is 0.462 bits per heavy atom. The normalized spacial score (nSPS) is 42.1. The maximum atomic E-state index is 12.6. The van der Waals surface area contributed by atoms with E-state index in [0.29, 0.717) is 0 Å². The van der Waals surface area contributed by atoms with E-state index < -0.39 is 56.0 Å². The third kappa shape index (κ3) is 8.97. The standard InChI is InChI=1S/C26H48.C17H30O3.C16H30O4.C12H24O.C8H12O2.2CH4/c1-17(2)23(13)18(3,4)25(15)20(7,8)24(17,14)21(9,10)26(16,19(23,5)6)22(25,11)12;1-12(2)11(18)19-17(10)13(3,4)14(5,6)20-15(7,8)16(12,17)9;1-11(2)12(3,4)18-16(10)15(9,17-11)19-13(5,6)14(7,8)20-16;1-9(2)10(3,4)12(7,8)13-11(9,5)6;1-5-6(2)8(3,4)10-7(5)9;;/h1-16H3;2*1-10H3;1-8H3;1-4H3;2*1H4. The number of hydrogen-bond acceptors (Lipinski definition) is 10. The molecule has 10 nitrogen and oxygen atoms in total. The SMILES string of the molecule is C.C.CC1(C)C2(C)C(C)(C)C3(C)C(C)(C)C1(C)C(C)(C)C(C)(C2(C)C)C3(C)C.CC1(C)OC(C)(C)C(C)(C)C1(C)C.CC1(C)OC(C)(C)C2(C)C(C)(C)C(=O)OC2(C)C1(C)C.CC1(C)OC2(C)OC(C)(C)C(C)(C)OC2(C)OC1(C)C.CC1=C(C)C(C)(C)OC1=O. The van der Waals surface area contributed by atoms with Gasteiger partial charge in [-0.3, -0.25) is 4.79 Å². The van der Waals surface area contributed by atoms with Crippen molar-refractivity contribution < 1.29 is 47.5 Å². The summed E-state index contributed by atoms with van der Waals surface area (Å²) < 4.78 is 49.1. The highest BCUT2D eigenvalue weighted by Gasteiger charge is 2.96. The van der Waals surface area contributed by atoms with Crippen LogP contribution in [0.3, 0.4) is 0 Å². The second kappa shape index (κ2) is 20.8. The molecule has 10 heteroatoms. The predicted octanol–water partition coefficient (Wildman–Crippen LogP) is 22.3. The molecular formula is C81H152O10. The Morgan fingerprint density at radius 1 is 0.242 bits per heavy atom. The number of ether oxygens (including phenoxy) is 8. The van der Waals surface area contributed by atoms with Crippen molar-refractivity contribution in [2.75, 3.05) is 0 Å². The molecule has 6 aliphatic heterocycles. The quantitative estimate of drug-likeness (QED) is 0.218. The van der Waals surface area contributed by atoms with Crippen LogP contribution in [0, 0.1) is 81.2 Å². The molecule has 2 atom stereocenters. The van der Waals surface area contributed by atoms with E-state index in [1.807, 2.05) is 104 Å². The molecule has 6 heterocycles. The third-order valence-electron chi connectivity index (χ3n) is 35.2. The summed E-state index contributed by atoms with van der Waals surface area (Å²) in [6, 6.07) is 0. The van der Waals surface area contributed by atoms with E-state index in [2.05, 4.69) is 222 Å². The summed E-state index contributed by atoms with van der Waals surface area (Å²) in [5.41, 5.74) is -0.564. The van der Waals surface area contributed by atoms with Crippen LogP contribution in [-0.2, 0) is 47.5 Å². The fourth-order valence-electron chi connectivity index (χ4n) is 23.4. The molecule has 0 amide bonds. The molecule has 5 saturated heterocycles. The zero-order valence-electron chi connectivity index (χ0n) is 67.6.